The average molecular weight is 369 g/mol. The Morgan fingerprint density at radius 1 is 1.21 bits per heavy atom. The lowest BCUT2D eigenvalue weighted by Gasteiger charge is -2.13. The molecule has 0 saturated carbocycles. The molecule has 126 valence electrons. The van der Waals surface area contributed by atoms with Crippen LogP contribution < -0.4 is 10.1 Å². The fourth-order valence-electron chi connectivity index (χ4n) is 1.66. The highest BCUT2D eigenvalue weighted by molar-refractivity contribution is 6.32. The number of esters is 1. The lowest BCUT2D eigenvalue weighted by Crippen LogP contribution is -2.31. The van der Waals surface area contributed by atoms with E-state index in [0.29, 0.717) is 21.6 Å². The van der Waals surface area contributed by atoms with Crippen LogP contribution in [-0.2, 0) is 14.3 Å². The molecule has 2 aromatic rings. The highest BCUT2D eigenvalue weighted by atomic mass is 35.5. The van der Waals surface area contributed by atoms with Crippen LogP contribution in [0.5, 0.6) is 5.75 Å². The number of hydrogen-bond acceptors (Lipinski definition) is 5. The van der Waals surface area contributed by atoms with Crippen LogP contribution in [0.4, 0.5) is 5.82 Å². The van der Waals surface area contributed by atoms with Gasteiger partial charge in [0.2, 0.25) is 0 Å². The standard InChI is InChI=1S/C16H14Cl2N2O4/c1-10(16(22)20-14-7-6-11(17)8-19-14)24-15(21)9-23-13-5-3-2-4-12(13)18/h2-8,10H,9H2,1H3,(H,19,20,22)/t10-/m1/s1. The maximum absolute atomic E-state index is 11.9. The molecule has 0 spiro atoms. The summed E-state index contributed by atoms with van der Waals surface area (Å²) in [6, 6.07) is 9.84. The third-order valence-corrected chi connectivity index (χ3v) is 3.37. The molecule has 24 heavy (non-hydrogen) atoms. The first-order valence-electron chi connectivity index (χ1n) is 6.95. The van der Waals surface area contributed by atoms with Crippen molar-refractivity contribution in [1.82, 2.24) is 4.98 Å². The van der Waals surface area contributed by atoms with Gasteiger partial charge in [0.05, 0.1) is 10.0 Å². The molecule has 0 bridgehead atoms. The monoisotopic (exact) mass is 368 g/mol. The molecule has 1 aromatic heterocycles. The first kappa shape index (κ1) is 18.0. The van der Waals surface area contributed by atoms with Crippen LogP contribution in [0, 0.1) is 0 Å². The Labute approximate surface area is 148 Å². The Morgan fingerprint density at radius 3 is 2.62 bits per heavy atom. The zero-order valence-corrected chi connectivity index (χ0v) is 14.2. The fourth-order valence-corrected chi connectivity index (χ4v) is 1.96. The molecule has 0 fully saturated rings. The van der Waals surface area contributed by atoms with Gasteiger partial charge in [0, 0.05) is 6.20 Å². The Hall–Kier alpha value is -2.31. The molecule has 2 rings (SSSR count). The van der Waals surface area contributed by atoms with Crippen LogP contribution >= 0.6 is 23.2 Å². The molecule has 8 heteroatoms. The van der Waals surface area contributed by atoms with Crippen molar-refractivity contribution in [2.24, 2.45) is 0 Å². The van der Waals surface area contributed by atoms with Crippen LogP contribution in [0.1, 0.15) is 6.92 Å². The number of ether oxygens (including phenoxy) is 2. The number of rotatable bonds is 6. The minimum absolute atomic E-state index is 0.305. The number of hydrogen-bond donors (Lipinski definition) is 1. The number of carbonyl (C=O) groups excluding carboxylic acids is 2. The van der Waals surface area contributed by atoms with Crippen molar-refractivity contribution in [2.45, 2.75) is 13.0 Å². The number of para-hydroxylation sites is 1. The van der Waals surface area contributed by atoms with E-state index >= 15 is 0 Å². The van der Waals surface area contributed by atoms with E-state index in [1.54, 1.807) is 30.3 Å². The Morgan fingerprint density at radius 2 is 1.96 bits per heavy atom. The molecular weight excluding hydrogens is 355 g/mol. The molecule has 1 aromatic carbocycles. The smallest absolute Gasteiger partial charge is 0.344 e. The van der Waals surface area contributed by atoms with Gasteiger partial charge in [-0.1, -0.05) is 35.3 Å². The van der Waals surface area contributed by atoms with Crippen LogP contribution in [0.25, 0.3) is 0 Å². The van der Waals surface area contributed by atoms with Gasteiger partial charge in [-0.15, -0.1) is 0 Å². The van der Waals surface area contributed by atoms with E-state index in [2.05, 4.69) is 10.3 Å². The topological polar surface area (TPSA) is 77.5 Å². The fraction of sp³-hybridized carbons (Fsp3) is 0.188. The van der Waals surface area contributed by atoms with E-state index in [-0.39, 0.29) is 6.61 Å². The number of amides is 1. The number of aromatic nitrogens is 1. The SMILES string of the molecule is C[C@@H](OC(=O)COc1ccccc1Cl)C(=O)Nc1ccc(Cl)cn1. The maximum atomic E-state index is 11.9. The molecule has 0 radical (unpaired) electrons. The van der Waals surface area contributed by atoms with Gasteiger partial charge in [0.25, 0.3) is 5.91 Å². The van der Waals surface area contributed by atoms with Crippen LogP contribution in [-0.4, -0.2) is 29.6 Å². The number of benzene rings is 1. The molecule has 1 amide bonds. The minimum atomic E-state index is -1.01. The molecule has 0 aliphatic rings. The number of carbonyl (C=O) groups is 2. The molecule has 1 N–H and O–H groups in total. The van der Waals surface area contributed by atoms with E-state index in [1.165, 1.54) is 19.2 Å². The summed E-state index contributed by atoms with van der Waals surface area (Å²) in [5, 5.41) is 3.34. The predicted molar refractivity (Wildman–Crippen MR) is 90.4 cm³/mol. The minimum Gasteiger partial charge on any atom is -0.480 e. The molecular formula is C16H14Cl2N2O4. The van der Waals surface area contributed by atoms with Crippen molar-refractivity contribution in [3.05, 3.63) is 52.6 Å². The van der Waals surface area contributed by atoms with Crippen molar-refractivity contribution >= 4 is 40.9 Å². The normalized spacial score (nSPS) is 11.5. The predicted octanol–water partition coefficient (Wildman–Crippen LogP) is 3.34. The van der Waals surface area contributed by atoms with Crippen molar-refractivity contribution < 1.29 is 19.1 Å². The average Bonchev–Trinajstić information content (AvgIpc) is 2.56. The highest BCUT2D eigenvalue weighted by Gasteiger charge is 2.19. The van der Waals surface area contributed by atoms with Crippen molar-refractivity contribution in [2.75, 3.05) is 11.9 Å². The van der Waals surface area contributed by atoms with Gasteiger partial charge in [-0.2, -0.15) is 0 Å². The summed E-state index contributed by atoms with van der Waals surface area (Å²) in [7, 11) is 0. The second-order valence-electron chi connectivity index (χ2n) is 4.70. The Balaban J connectivity index is 1.81. The van der Waals surface area contributed by atoms with Gasteiger partial charge in [-0.25, -0.2) is 9.78 Å². The third-order valence-electron chi connectivity index (χ3n) is 2.84. The lowest BCUT2D eigenvalue weighted by atomic mass is 10.3. The zero-order valence-electron chi connectivity index (χ0n) is 12.7. The molecule has 0 saturated heterocycles. The summed E-state index contributed by atoms with van der Waals surface area (Å²) < 4.78 is 10.2. The van der Waals surface area contributed by atoms with Gasteiger partial charge in [-0.05, 0) is 31.2 Å². The van der Waals surface area contributed by atoms with Gasteiger partial charge >= 0.3 is 5.97 Å². The number of nitrogens with zero attached hydrogens (tertiary/aromatic N) is 1. The lowest BCUT2D eigenvalue weighted by molar-refractivity contribution is -0.155. The number of nitrogens with one attached hydrogen (secondary N) is 1. The van der Waals surface area contributed by atoms with E-state index in [9.17, 15) is 9.59 Å². The number of anilines is 1. The zero-order chi connectivity index (χ0) is 17.5. The first-order valence-corrected chi connectivity index (χ1v) is 7.70. The van der Waals surface area contributed by atoms with E-state index in [0.717, 1.165) is 0 Å². The number of pyridine rings is 1. The summed E-state index contributed by atoms with van der Waals surface area (Å²) in [5.74, 6) is -0.546. The summed E-state index contributed by atoms with van der Waals surface area (Å²) in [5.41, 5.74) is 0. The second kappa shape index (κ2) is 8.52. The van der Waals surface area contributed by atoms with Gasteiger partial charge in [0.1, 0.15) is 11.6 Å². The molecule has 6 nitrogen and oxygen atoms in total. The van der Waals surface area contributed by atoms with Crippen LogP contribution in [0.2, 0.25) is 10.0 Å². The van der Waals surface area contributed by atoms with Gasteiger partial charge in [0.15, 0.2) is 12.7 Å². The Kier molecular flexibility index (Phi) is 6.40. The molecule has 0 unspecified atom stereocenters. The highest BCUT2D eigenvalue weighted by Crippen LogP contribution is 2.22. The van der Waals surface area contributed by atoms with Crippen molar-refractivity contribution in [1.29, 1.82) is 0 Å². The molecule has 1 atom stereocenters. The summed E-state index contributed by atoms with van der Waals surface area (Å²) >= 11 is 11.6. The molecule has 0 aliphatic heterocycles. The summed E-state index contributed by atoms with van der Waals surface area (Å²) in [6.07, 6.45) is 0.385. The van der Waals surface area contributed by atoms with E-state index in [1.807, 2.05) is 0 Å². The molecule has 1 heterocycles. The third kappa shape index (κ3) is 5.40. The maximum Gasteiger partial charge on any atom is 0.344 e. The largest absolute Gasteiger partial charge is 0.480 e. The summed E-state index contributed by atoms with van der Waals surface area (Å²) in [4.78, 5) is 27.6. The van der Waals surface area contributed by atoms with Gasteiger partial charge in [-0.3, -0.25) is 4.79 Å². The first-order chi connectivity index (χ1) is 11.5. The van der Waals surface area contributed by atoms with Crippen molar-refractivity contribution in [3.8, 4) is 5.75 Å². The van der Waals surface area contributed by atoms with Gasteiger partial charge < -0.3 is 14.8 Å². The quantitative estimate of drug-likeness (QED) is 0.791. The van der Waals surface area contributed by atoms with Crippen LogP contribution in [0.15, 0.2) is 42.6 Å². The second-order valence-corrected chi connectivity index (χ2v) is 5.55. The van der Waals surface area contributed by atoms with E-state index in [4.69, 9.17) is 32.7 Å². The number of halogens is 2. The molecule has 0 aliphatic carbocycles. The van der Waals surface area contributed by atoms with Crippen molar-refractivity contribution in [3.63, 3.8) is 0 Å². The van der Waals surface area contributed by atoms with Crippen LogP contribution in [0.3, 0.4) is 0 Å². The summed E-state index contributed by atoms with van der Waals surface area (Å²) in [6.45, 7) is 1.08. The van der Waals surface area contributed by atoms with E-state index < -0.39 is 18.0 Å². The Bertz CT molecular complexity index is 722.